The Bertz CT molecular complexity index is 4480. The van der Waals surface area contributed by atoms with Gasteiger partial charge in [-0.05, 0) is 144 Å². The van der Waals surface area contributed by atoms with E-state index in [4.69, 9.17) is 4.42 Å². The normalized spacial score (nSPS) is 12.0. The molecule has 1 aromatic heterocycles. The number of phenols is 1. The van der Waals surface area contributed by atoms with E-state index in [2.05, 4.69) is 284 Å². The average molecular weight is 1040 g/mol. The van der Waals surface area contributed by atoms with E-state index in [-0.39, 0.29) is 5.75 Å². The van der Waals surface area contributed by atoms with Crippen molar-refractivity contribution in [3.8, 4) is 39.1 Å². The Labute approximate surface area is 470 Å². The fourth-order valence-electron chi connectivity index (χ4n) is 12.5. The SMILES string of the molecule is CC(C)c1cccc(N(c2cccc(-c3cccc(-c4ccccc4C(C)C)c3)c2O)c2ccc3ccc4c(N(c5cccc(C(C)C)c5)c5cccc6c5oc5c(-c7ccccc7C(C)C)cccc56)ccc5ccc2c3c54)c1. The molecule has 1 N–H and O–H groups in total. The van der Waals surface area contributed by atoms with Gasteiger partial charge < -0.3 is 19.3 Å². The van der Waals surface area contributed by atoms with Gasteiger partial charge in [0.1, 0.15) is 11.3 Å². The molecule has 0 saturated carbocycles. The first-order chi connectivity index (χ1) is 38.9. The molecule has 0 aliphatic rings. The fraction of sp³-hybridized carbons (Fsp3) is 0.158. The third-order valence-corrected chi connectivity index (χ3v) is 16.6. The van der Waals surface area contributed by atoms with Crippen molar-refractivity contribution in [2.45, 2.75) is 79.1 Å². The number of rotatable bonds is 13. The smallest absolute Gasteiger partial charge is 0.159 e. The maximum absolute atomic E-state index is 12.9. The quantitative estimate of drug-likeness (QED) is 0.117. The Morgan fingerprint density at radius 2 is 0.775 bits per heavy atom. The lowest BCUT2D eigenvalue weighted by Crippen LogP contribution is -2.12. The highest BCUT2D eigenvalue weighted by atomic mass is 16.3. The number of phenolic OH excluding ortho intramolecular Hbond substituents is 1. The lowest BCUT2D eigenvalue weighted by atomic mass is 9.90. The van der Waals surface area contributed by atoms with Crippen LogP contribution in [0.15, 0.2) is 229 Å². The summed E-state index contributed by atoms with van der Waals surface area (Å²) in [5.74, 6) is 1.56. The van der Waals surface area contributed by atoms with Crippen molar-refractivity contribution < 1.29 is 9.52 Å². The number of nitrogens with zero attached hydrogens (tertiary/aromatic N) is 2. The molecule has 0 radical (unpaired) electrons. The highest BCUT2D eigenvalue weighted by Gasteiger charge is 2.27. The molecule has 0 spiro atoms. The van der Waals surface area contributed by atoms with Crippen molar-refractivity contribution >= 4 is 88.4 Å². The second-order valence-electron chi connectivity index (χ2n) is 22.9. The van der Waals surface area contributed by atoms with E-state index >= 15 is 0 Å². The first kappa shape index (κ1) is 50.4. The molecule has 0 bridgehead atoms. The van der Waals surface area contributed by atoms with Gasteiger partial charge in [0.2, 0.25) is 0 Å². The molecule has 392 valence electrons. The molecule has 0 fully saturated rings. The molecule has 0 unspecified atom stereocenters. The average Bonchev–Trinajstić information content (AvgIpc) is 3.97. The summed E-state index contributed by atoms with van der Waals surface area (Å²) in [5.41, 5.74) is 18.9. The van der Waals surface area contributed by atoms with E-state index in [0.717, 1.165) is 94.2 Å². The number of fused-ring (bicyclic) bond motifs is 3. The number of furan rings is 1. The van der Waals surface area contributed by atoms with Crippen LogP contribution in [-0.2, 0) is 0 Å². The molecule has 4 heteroatoms. The monoisotopic (exact) mass is 1040 g/mol. The summed E-state index contributed by atoms with van der Waals surface area (Å²) in [6.07, 6.45) is 0. The number of aromatic hydroxyl groups is 1. The summed E-state index contributed by atoms with van der Waals surface area (Å²) in [5, 5.41) is 21.9. The summed E-state index contributed by atoms with van der Waals surface area (Å²) in [6, 6.07) is 81.4. The summed E-state index contributed by atoms with van der Waals surface area (Å²) in [7, 11) is 0. The Balaban J connectivity index is 1.03. The molecule has 1 heterocycles. The predicted octanol–water partition coefficient (Wildman–Crippen LogP) is 22.6. The molecule has 80 heavy (non-hydrogen) atoms. The lowest BCUT2D eigenvalue weighted by molar-refractivity contribution is 0.478. The van der Waals surface area contributed by atoms with Gasteiger partial charge in [0.05, 0.1) is 22.7 Å². The molecule has 12 aromatic carbocycles. The Hall–Kier alpha value is -9.12. The van der Waals surface area contributed by atoms with Crippen molar-refractivity contribution in [3.05, 3.63) is 247 Å². The van der Waals surface area contributed by atoms with Crippen LogP contribution in [0.3, 0.4) is 0 Å². The molecule has 13 rings (SSSR count). The lowest BCUT2D eigenvalue weighted by Gasteiger charge is -2.30. The predicted molar refractivity (Wildman–Crippen MR) is 341 cm³/mol. The van der Waals surface area contributed by atoms with E-state index in [9.17, 15) is 5.11 Å². The van der Waals surface area contributed by atoms with Gasteiger partial charge >= 0.3 is 0 Å². The highest BCUT2D eigenvalue weighted by molar-refractivity contribution is 6.28. The van der Waals surface area contributed by atoms with Crippen LogP contribution >= 0.6 is 0 Å². The second kappa shape index (κ2) is 20.3. The number of hydrogen-bond acceptors (Lipinski definition) is 4. The zero-order valence-corrected chi connectivity index (χ0v) is 46.9. The van der Waals surface area contributed by atoms with E-state index in [0.29, 0.717) is 29.4 Å². The number of benzene rings is 12. The third kappa shape index (κ3) is 8.53. The Kier molecular flexibility index (Phi) is 12.8. The van der Waals surface area contributed by atoms with E-state index in [1.54, 1.807) is 0 Å². The van der Waals surface area contributed by atoms with Gasteiger partial charge in [-0.25, -0.2) is 0 Å². The van der Waals surface area contributed by atoms with Crippen LogP contribution in [0.5, 0.6) is 5.75 Å². The fourth-order valence-corrected chi connectivity index (χ4v) is 12.5. The van der Waals surface area contributed by atoms with Crippen molar-refractivity contribution in [2.75, 3.05) is 9.80 Å². The first-order valence-corrected chi connectivity index (χ1v) is 28.5. The van der Waals surface area contributed by atoms with Gasteiger partial charge in [0.15, 0.2) is 5.58 Å². The topological polar surface area (TPSA) is 39.9 Å². The summed E-state index contributed by atoms with van der Waals surface area (Å²) in [6.45, 7) is 18.0. The van der Waals surface area contributed by atoms with E-state index in [1.165, 1.54) is 44.2 Å². The Morgan fingerprint density at radius 1 is 0.325 bits per heavy atom. The minimum absolute atomic E-state index is 0.222. The van der Waals surface area contributed by atoms with Gasteiger partial charge in [-0.15, -0.1) is 0 Å². The van der Waals surface area contributed by atoms with Gasteiger partial charge in [-0.1, -0.05) is 225 Å². The largest absolute Gasteiger partial charge is 0.505 e. The van der Waals surface area contributed by atoms with Crippen LogP contribution in [0.1, 0.15) is 101 Å². The minimum Gasteiger partial charge on any atom is -0.505 e. The van der Waals surface area contributed by atoms with Crippen molar-refractivity contribution in [1.82, 2.24) is 0 Å². The molecule has 0 aliphatic heterocycles. The van der Waals surface area contributed by atoms with Crippen LogP contribution in [-0.4, -0.2) is 5.11 Å². The van der Waals surface area contributed by atoms with Crippen LogP contribution in [0.2, 0.25) is 0 Å². The standard InChI is InChI=1S/C76H66N2O2/c1-46(2)52-19-14-23-56(44-52)77(70-33-17-29-61(74(70)79)55-22-13-21-54(43-55)60-27-11-9-25-58(60)48(5)6)68-41-37-50-36-40-67-69(42-38-51-35-39-66(68)72(50)73(51)67)78(57-24-15-20-53(45-57)47(3)4)71-34-18-32-65-64-31-16-30-63(75(64)80-76(65)71)62-28-12-10-26-59(62)49(7)8/h9-49,79H,1-8H3. The molecule has 0 aliphatic carbocycles. The maximum atomic E-state index is 12.9. The van der Waals surface area contributed by atoms with Gasteiger partial charge in [-0.2, -0.15) is 0 Å². The first-order valence-electron chi connectivity index (χ1n) is 28.5. The van der Waals surface area contributed by atoms with Crippen LogP contribution in [0.25, 0.3) is 87.6 Å². The molecule has 13 aromatic rings. The number of para-hydroxylation sites is 3. The third-order valence-electron chi connectivity index (χ3n) is 16.6. The maximum Gasteiger partial charge on any atom is 0.159 e. The van der Waals surface area contributed by atoms with Crippen LogP contribution in [0, 0.1) is 0 Å². The summed E-state index contributed by atoms with van der Waals surface area (Å²) in [4.78, 5) is 4.70. The second-order valence-corrected chi connectivity index (χ2v) is 22.9. The summed E-state index contributed by atoms with van der Waals surface area (Å²) < 4.78 is 7.30. The van der Waals surface area contributed by atoms with Gasteiger partial charge in [0.25, 0.3) is 0 Å². The minimum atomic E-state index is 0.222. The zero-order chi connectivity index (χ0) is 54.9. The van der Waals surface area contributed by atoms with Gasteiger partial charge in [-0.3, -0.25) is 0 Å². The molecule has 0 amide bonds. The number of hydrogen-bond donors (Lipinski definition) is 1. The zero-order valence-electron chi connectivity index (χ0n) is 46.9. The molecular weight excluding hydrogens is 973 g/mol. The van der Waals surface area contributed by atoms with Crippen LogP contribution < -0.4 is 9.80 Å². The van der Waals surface area contributed by atoms with Crippen molar-refractivity contribution in [3.63, 3.8) is 0 Å². The van der Waals surface area contributed by atoms with E-state index in [1.807, 2.05) is 6.07 Å². The summed E-state index contributed by atoms with van der Waals surface area (Å²) >= 11 is 0. The van der Waals surface area contributed by atoms with Crippen molar-refractivity contribution in [1.29, 1.82) is 0 Å². The Morgan fingerprint density at radius 3 is 1.38 bits per heavy atom. The molecule has 4 nitrogen and oxygen atoms in total. The molecule has 0 saturated heterocycles. The molecular formula is C76H66N2O2. The highest BCUT2D eigenvalue weighted by Crippen LogP contribution is 2.52. The van der Waals surface area contributed by atoms with Crippen molar-refractivity contribution in [2.24, 2.45) is 0 Å². The van der Waals surface area contributed by atoms with E-state index < -0.39 is 0 Å². The molecule has 0 atom stereocenters. The van der Waals surface area contributed by atoms with Crippen LogP contribution in [0.4, 0.5) is 34.1 Å². The number of anilines is 6. The van der Waals surface area contributed by atoms with Gasteiger partial charge in [0, 0.05) is 44.0 Å².